The van der Waals surface area contributed by atoms with Gasteiger partial charge in [-0.15, -0.1) is 0 Å². The van der Waals surface area contributed by atoms with Gasteiger partial charge in [-0.25, -0.2) is 4.68 Å². The number of aromatic nitrogens is 2. The van der Waals surface area contributed by atoms with Crippen molar-refractivity contribution in [3.05, 3.63) is 73.6 Å². The molecule has 3 aromatic rings. The van der Waals surface area contributed by atoms with Crippen LogP contribution in [0.4, 0.5) is 4.39 Å². The molecule has 0 saturated heterocycles. The smallest absolute Gasteiger partial charge is 0.127 e. The standard InChI is InChI=1S/C19H19N3O.C2H6.CH3F/c1-15(21(2)3)22-14-17(13-20-22)16-9-11-19(12-10-16)23-18-7-5-4-6-8-18;2*1-2/h4-14H,1H2,2-3H3;1-2H3;1H3/i;;2-1. The van der Waals surface area contributed by atoms with Crippen molar-refractivity contribution in [3.63, 3.8) is 0 Å². The zero-order valence-corrected chi connectivity index (χ0v) is 16.7. The average Bonchev–Trinajstić information content (AvgIpc) is 3.22. The Morgan fingerprint density at radius 3 is 2.04 bits per heavy atom. The van der Waals surface area contributed by atoms with E-state index in [0.717, 1.165) is 28.4 Å². The van der Waals surface area contributed by atoms with Gasteiger partial charge in [-0.3, -0.25) is 4.39 Å². The number of alkyl halides is 1. The highest BCUT2D eigenvalue weighted by molar-refractivity contribution is 5.63. The molecule has 0 radical (unpaired) electrons. The maximum atomic E-state index is 9.50. The lowest BCUT2D eigenvalue weighted by Crippen LogP contribution is -2.14. The highest BCUT2D eigenvalue weighted by Gasteiger charge is 2.06. The van der Waals surface area contributed by atoms with Crippen LogP contribution < -0.4 is 4.74 Å². The zero-order valence-electron chi connectivity index (χ0n) is 16.7. The lowest BCUT2D eigenvalue weighted by atomic mass is 10.1. The van der Waals surface area contributed by atoms with Gasteiger partial charge in [-0.1, -0.05) is 50.8 Å². The number of hydrogen-bond acceptors (Lipinski definition) is 3. The van der Waals surface area contributed by atoms with Gasteiger partial charge in [-0.2, -0.15) is 5.10 Å². The summed E-state index contributed by atoms with van der Waals surface area (Å²) in [5.41, 5.74) is 2.13. The minimum Gasteiger partial charge on any atom is -0.457 e. The van der Waals surface area contributed by atoms with Crippen LogP contribution in [0.25, 0.3) is 16.9 Å². The molecule has 0 saturated carbocycles. The maximum Gasteiger partial charge on any atom is 0.127 e. The fraction of sp³-hybridized carbons (Fsp3) is 0.227. The minimum absolute atomic E-state index is 0.500. The van der Waals surface area contributed by atoms with Gasteiger partial charge in [0.15, 0.2) is 0 Å². The summed E-state index contributed by atoms with van der Waals surface area (Å²) in [6.45, 7) is 8.00. The molecule has 1 heterocycles. The molecule has 0 aliphatic carbocycles. The SMILES string of the molecule is C=C(N(C)C)n1cc(-c2ccc(Oc3ccccc3)cc2)cn1.CC.C[18F]. The van der Waals surface area contributed by atoms with Gasteiger partial charge in [0.2, 0.25) is 0 Å². The first-order valence-corrected chi connectivity index (χ1v) is 8.76. The second-order valence-electron chi connectivity index (χ2n) is 5.42. The van der Waals surface area contributed by atoms with E-state index in [-0.39, 0.29) is 0 Å². The summed E-state index contributed by atoms with van der Waals surface area (Å²) in [4.78, 5) is 1.92. The molecule has 0 fully saturated rings. The first-order chi connectivity index (χ1) is 13.1. The van der Waals surface area contributed by atoms with Gasteiger partial charge < -0.3 is 9.64 Å². The first-order valence-electron chi connectivity index (χ1n) is 8.76. The van der Waals surface area contributed by atoms with Gasteiger partial charge in [0.1, 0.15) is 17.3 Å². The van der Waals surface area contributed by atoms with Crippen LogP contribution in [0.1, 0.15) is 13.8 Å². The lowest BCUT2D eigenvalue weighted by Gasteiger charge is -2.14. The Hall–Kier alpha value is -3.08. The van der Waals surface area contributed by atoms with Crippen LogP contribution >= 0.6 is 0 Å². The zero-order chi connectivity index (χ0) is 20.2. The number of benzene rings is 2. The number of ether oxygens (including phenoxy) is 1. The number of halogens is 1. The molecular formula is C22H28FN3O. The topological polar surface area (TPSA) is 30.3 Å². The minimum atomic E-state index is 0.500. The maximum absolute atomic E-state index is 9.50. The van der Waals surface area contributed by atoms with E-state index in [1.807, 2.05) is 99.8 Å². The van der Waals surface area contributed by atoms with Crippen molar-refractivity contribution in [2.24, 2.45) is 0 Å². The molecule has 0 spiro atoms. The highest BCUT2D eigenvalue weighted by Crippen LogP contribution is 2.25. The van der Waals surface area contributed by atoms with Crippen LogP contribution in [0, 0.1) is 0 Å². The Balaban J connectivity index is 0.000000855. The number of hydrogen-bond donors (Lipinski definition) is 0. The summed E-state index contributed by atoms with van der Waals surface area (Å²) in [5.74, 6) is 2.46. The van der Waals surface area contributed by atoms with Crippen molar-refractivity contribution in [2.45, 2.75) is 13.8 Å². The van der Waals surface area contributed by atoms with E-state index in [9.17, 15) is 4.39 Å². The third-order valence-corrected chi connectivity index (χ3v) is 3.53. The monoisotopic (exact) mass is 368 g/mol. The predicted octanol–water partition coefficient (Wildman–Crippen LogP) is 5.94. The number of para-hydroxylation sites is 1. The summed E-state index contributed by atoms with van der Waals surface area (Å²) < 4.78 is 17.1. The van der Waals surface area contributed by atoms with E-state index in [1.165, 1.54) is 0 Å². The lowest BCUT2D eigenvalue weighted by molar-refractivity contribution is 0.483. The summed E-state index contributed by atoms with van der Waals surface area (Å²) in [6, 6.07) is 17.7. The quantitative estimate of drug-likeness (QED) is 0.558. The first kappa shape index (κ1) is 22.0. The second-order valence-corrected chi connectivity index (χ2v) is 5.42. The van der Waals surface area contributed by atoms with E-state index in [0.29, 0.717) is 7.18 Å². The van der Waals surface area contributed by atoms with Crippen LogP contribution in [0.5, 0.6) is 11.5 Å². The Morgan fingerprint density at radius 1 is 0.926 bits per heavy atom. The molecule has 4 nitrogen and oxygen atoms in total. The van der Waals surface area contributed by atoms with Gasteiger partial charge in [-0.05, 0) is 29.8 Å². The van der Waals surface area contributed by atoms with Crippen molar-refractivity contribution in [1.82, 2.24) is 14.7 Å². The van der Waals surface area contributed by atoms with Gasteiger partial charge in [0.25, 0.3) is 0 Å². The van der Waals surface area contributed by atoms with Crippen LogP contribution in [0.3, 0.4) is 0 Å². The van der Waals surface area contributed by atoms with E-state index in [2.05, 4.69) is 11.7 Å². The van der Waals surface area contributed by atoms with E-state index in [1.54, 1.807) is 4.68 Å². The highest BCUT2D eigenvalue weighted by atomic mass is 18.2. The number of nitrogens with zero attached hydrogens (tertiary/aromatic N) is 3. The largest absolute Gasteiger partial charge is 0.457 e. The average molecular weight is 368 g/mol. The molecule has 27 heavy (non-hydrogen) atoms. The van der Waals surface area contributed by atoms with Crippen LogP contribution in [0.15, 0.2) is 73.6 Å². The molecule has 0 bridgehead atoms. The predicted molar refractivity (Wildman–Crippen MR) is 112 cm³/mol. The molecule has 0 amide bonds. The molecule has 0 aliphatic rings. The molecule has 0 aliphatic heterocycles. The molecule has 5 heteroatoms. The molecule has 0 unspecified atom stereocenters. The Labute approximate surface area is 161 Å². The summed E-state index contributed by atoms with van der Waals surface area (Å²) in [7, 11) is 4.39. The Morgan fingerprint density at radius 2 is 1.48 bits per heavy atom. The van der Waals surface area contributed by atoms with E-state index >= 15 is 0 Å². The fourth-order valence-corrected chi connectivity index (χ4v) is 2.16. The normalized spacial score (nSPS) is 9.26. The van der Waals surface area contributed by atoms with Crippen LogP contribution in [-0.4, -0.2) is 36.0 Å². The van der Waals surface area contributed by atoms with Crippen LogP contribution in [0.2, 0.25) is 0 Å². The third-order valence-electron chi connectivity index (χ3n) is 3.53. The molecule has 0 N–H and O–H groups in total. The van der Waals surface area contributed by atoms with Crippen molar-refractivity contribution in [3.8, 4) is 22.6 Å². The molecule has 1 aromatic heterocycles. The van der Waals surface area contributed by atoms with Crippen molar-refractivity contribution in [2.75, 3.05) is 21.3 Å². The second kappa shape index (κ2) is 11.5. The van der Waals surface area contributed by atoms with Crippen molar-refractivity contribution in [1.29, 1.82) is 0 Å². The van der Waals surface area contributed by atoms with Gasteiger partial charge in [0, 0.05) is 25.9 Å². The number of rotatable bonds is 5. The van der Waals surface area contributed by atoms with E-state index in [4.69, 9.17) is 4.74 Å². The molecular weight excluding hydrogens is 340 g/mol. The van der Waals surface area contributed by atoms with Gasteiger partial charge >= 0.3 is 0 Å². The Kier molecular flexibility index (Phi) is 9.37. The van der Waals surface area contributed by atoms with Crippen LogP contribution in [-0.2, 0) is 0 Å². The van der Waals surface area contributed by atoms with E-state index < -0.39 is 0 Å². The molecule has 0 atom stereocenters. The molecule has 2 aromatic carbocycles. The molecule has 144 valence electrons. The molecule has 3 rings (SSSR count). The van der Waals surface area contributed by atoms with Crippen molar-refractivity contribution < 1.29 is 9.13 Å². The third kappa shape index (κ3) is 6.29. The van der Waals surface area contributed by atoms with Crippen molar-refractivity contribution >= 4 is 5.82 Å². The summed E-state index contributed by atoms with van der Waals surface area (Å²) >= 11 is 0. The fourth-order valence-electron chi connectivity index (χ4n) is 2.16. The summed E-state index contributed by atoms with van der Waals surface area (Å²) in [6.07, 6.45) is 3.80. The Bertz CT molecular complexity index is 796. The van der Waals surface area contributed by atoms with Gasteiger partial charge in [0.05, 0.1) is 13.4 Å². The summed E-state index contributed by atoms with van der Waals surface area (Å²) in [5, 5.41) is 4.35.